The molecule has 2 unspecified atom stereocenters. The SMILES string of the molecule is CC1(C)c2cc(N(c3cccc(-c4cccc5oc6ccccc6c45)c3)c3cc(-c4cc5ccccc5c5ccccc45)ccc3-c3ccccc3)ccc2C2C=CC=CC21C. The number of allylic oxidation sites excluding steroid dienone is 4. The lowest BCUT2D eigenvalue weighted by Crippen LogP contribution is -2.36. The number of hydrogen-bond acceptors (Lipinski definition) is 2. The van der Waals surface area contributed by atoms with Crippen molar-refractivity contribution in [3.63, 3.8) is 0 Å². The molecule has 1 heterocycles. The van der Waals surface area contributed by atoms with E-state index in [-0.39, 0.29) is 10.8 Å². The number of fused-ring (bicyclic) bond motifs is 9. The predicted octanol–water partition coefficient (Wildman–Crippen LogP) is 16.9. The van der Waals surface area contributed by atoms with Crippen molar-refractivity contribution in [3.8, 4) is 33.4 Å². The Morgan fingerprint density at radius 3 is 2.03 bits per heavy atom. The minimum atomic E-state index is -0.107. The number of nitrogens with zero attached hydrogens (tertiary/aromatic N) is 1. The Morgan fingerprint density at radius 2 is 1.16 bits per heavy atom. The van der Waals surface area contributed by atoms with Gasteiger partial charge in [-0.25, -0.2) is 0 Å². The second kappa shape index (κ2) is 13.8. The van der Waals surface area contributed by atoms with Crippen molar-refractivity contribution in [1.82, 2.24) is 0 Å². The van der Waals surface area contributed by atoms with Gasteiger partial charge in [0.05, 0.1) is 5.69 Å². The van der Waals surface area contributed by atoms with E-state index in [1.807, 2.05) is 6.07 Å². The van der Waals surface area contributed by atoms with Crippen LogP contribution >= 0.6 is 0 Å². The Balaban J connectivity index is 1.13. The van der Waals surface area contributed by atoms with E-state index in [4.69, 9.17) is 4.42 Å². The molecule has 0 saturated heterocycles. The summed E-state index contributed by atoms with van der Waals surface area (Å²) in [6.45, 7) is 7.30. The lowest BCUT2D eigenvalue weighted by Gasteiger charge is -2.41. The molecule has 0 fully saturated rings. The number of anilines is 3. The highest BCUT2D eigenvalue weighted by Crippen LogP contribution is 2.62. The molecule has 0 aliphatic heterocycles. The van der Waals surface area contributed by atoms with Gasteiger partial charge in [0.25, 0.3) is 0 Å². The highest BCUT2D eigenvalue weighted by molar-refractivity contribution is 6.15. The lowest BCUT2D eigenvalue weighted by atomic mass is 9.62. The first-order valence-electron chi connectivity index (χ1n) is 21.8. The van der Waals surface area contributed by atoms with Gasteiger partial charge in [-0.2, -0.15) is 0 Å². The molecule has 9 aromatic carbocycles. The zero-order chi connectivity index (χ0) is 41.6. The van der Waals surface area contributed by atoms with Gasteiger partial charge in [-0.3, -0.25) is 0 Å². The van der Waals surface area contributed by atoms with E-state index >= 15 is 0 Å². The molecule has 10 aromatic rings. The Bertz CT molecular complexity index is 3480. The molecule has 2 aliphatic carbocycles. The number of para-hydroxylation sites is 1. The van der Waals surface area contributed by atoms with Gasteiger partial charge in [0.15, 0.2) is 0 Å². The number of furan rings is 1. The zero-order valence-electron chi connectivity index (χ0n) is 35.1. The Hall–Kier alpha value is -7.42. The molecule has 0 N–H and O–H groups in total. The van der Waals surface area contributed by atoms with Crippen molar-refractivity contribution in [3.05, 3.63) is 223 Å². The van der Waals surface area contributed by atoms with Gasteiger partial charge in [0.1, 0.15) is 11.2 Å². The summed E-state index contributed by atoms with van der Waals surface area (Å²) in [6, 6.07) is 69.1. The van der Waals surface area contributed by atoms with Crippen LogP contribution in [0.15, 0.2) is 217 Å². The van der Waals surface area contributed by atoms with Crippen LogP contribution < -0.4 is 4.90 Å². The van der Waals surface area contributed by atoms with Crippen molar-refractivity contribution in [2.24, 2.45) is 5.41 Å². The largest absolute Gasteiger partial charge is 0.456 e. The van der Waals surface area contributed by atoms with Gasteiger partial charge in [-0.15, -0.1) is 0 Å². The van der Waals surface area contributed by atoms with E-state index in [1.165, 1.54) is 54.9 Å². The zero-order valence-corrected chi connectivity index (χ0v) is 35.1. The minimum absolute atomic E-state index is 0.0360. The standard InChI is InChI=1S/C60H45NO/c1-59(2)54-38-44(31-33-50(54)53-27-13-14-34-60(53,59)3)61(43-21-15-20-40(35-43)47-26-16-29-57-58(47)51-25-11-12-28-56(51)62-57)55-37-42(30-32-46(55)39-17-5-4-6-18-39)52-36-41-19-7-8-22-45(41)48-23-9-10-24-49(48)52/h4-38,53H,1-3H3. The van der Waals surface area contributed by atoms with Crippen LogP contribution in [0.25, 0.3) is 76.9 Å². The topological polar surface area (TPSA) is 16.4 Å². The van der Waals surface area contributed by atoms with Gasteiger partial charge >= 0.3 is 0 Å². The number of rotatable bonds is 6. The number of benzene rings is 9. The molecule has 0 radical (unpaired) electrons. The maximum Gasteiger partial charge on any atom is 0.136 e. The van der Waals surface area contributed by atoms with Crippen LogP contribution in [-0.4, -0.2) is 0 Å². The summed E-state index contributed by atoms with van der Waals surface area (Å²) < 4.78 is 6.40. The van der Waals surface area contributed by atoms with Crippen LogP contribution in [0.1, 0.15) is 37.8 Å². The molecule has 1 aromatic heterocycles. The Labute approximate surface area is 362 Å². The van der Waals surface area contributed by atoms with Gasteiger partial charge in [0, 0.05) is 39.0 Å². The molecule has 296 valence electrons. The molecule has 0 amide bonds. The minimum Gasteiger partial charge on any atom is -0.456 e. The van der Waals surface area contributed by atoms with Crippen molar-refractivity contribution in [2.45, 2.75) is 32.1 Å². The average Bonchev–Trinajstić information content (AvgIpc) is 3.78. The smallest absolute Gasteiger partial charge is 0.136 e. The Morgan fingerprint density at radius 1 is 0.468 bits per heavy atom. The summed E-state index contributed by atoms with van der Waals surface area (Å²) >= 11 is 0. The summed E-state index contributed by atoms with van der Waals surface area (Å²) in [6.07, 6.45) is 9.30. The van der Waals surface area contributed by atoms with Gasteiger partial charge in [-0.05, 0) is 114 Å². The van der Waals surface area contributed by atoms with E-state index in [0.29, 0.717) is 5.92 Å². The first-order valence-corrected chi connectivity index (χ1v) is 21.8. The molecule has 62 heavy (non-hydrogen) atoms. The molecule has 2 aliphatic rings. The third-order valence-electron chi connectivity index (χ3n) is 14.4. The molecular weight excluding hydrogens is 751 g/mol. The molecule has 12 rings (SSSR count). The van der Waals surface area contributed by atoms with Crippen LogP contribution in [0.5, 0.6) is 0 Å². The molecule has 0 saturated carbocycles. The Kier molecular flexibility index (Phi) is 8.11. The molecular formula is C60H45NO. The van der Waals surface area contributed by atoms with Crippen LogP contribution in [0.3, 0.4) is 0 Å². The third kappa shape index (κ3) is 5.43. The van der Waals surface area contributed by atoms with E-state index in [1.54, 1.807) is 0 Å². The van der Waals surface area contributed by atoms with Crippen LogP contribution in [0.2, 0.25) is 0 Å². The molecule has 2 nitrogen and oxygen atoms in total. The molecule has 2 heteroatoms. The van der Waals surface area contributed by atoms with Gasteiger partial charge < -0.3 is 9.32 Å². The van der Waals surface area contributed by atoms with E-state index < -0.39 is 0 Å². The average molecular weight is 796 g/mol. The fourth-order valence-electron chi connectivity index (χ4n) is 10.8. The first kappa shape index (κ1) is 36.4. The van der Waals surface area contributed by atoms with Gasteiger partial charge in [-0.1, -0.05) is 185 Å². The molecule has 0 spiro atoms. The highest BCUT2D eigenvalue weighted by atomic mass is 16.3. The van der Waals surface area contributed by atoms with Crippen molar-refractivity contribution < 1.29 is 4.42 Å². The van der Waals surface area contributed by atoms with Crippen molar-refractivity contribution >= 4 is 60.5 Å². The second-order valence-electron chi connectivity index (χ2n) is 17.9. The fourth-order valence-corrected chi connectivity index (χ4v) is 10.8. The van der Waals surface area contributed by atoms with E-state index in [9.17, 15) is 0 Å². The predicted molar refractivity (Wildman–Crippen MR) is 262 cm³/mol. The van der Waals surface area contributed by atoms with Gasteiger partial charge in [0.2, 0.25) is 0 Å². The maximum absolute atomic E-state index is 6.40. The summed E-state index contributed by atoms with van der Waals surface area (Å²) in [7, 11) is 0. The van der Waals surface area contributed by atoms with Crippen LogP contribution in [-0.2, 0) is 5.41 Å². The monoisotopic (exact) mass is 795 g/mol. The van der Waals surface area contributed by atoms with Crippen LogP contribution in [0, 0.1) is 5.41 Å². The quantitative estimate of drug-likeness (QED) is 0.156. The first-order chi connectivity index (χ1) is 30.4. The van der Waals surface area contributed by atoms with Crippen LogP contribution in [0.4, 0.5) is 17.1 Å². The highest BCUT2D eigenvalue weighted by Gasteiger charge is 2.53. The normalized spacial score (nSPS) is 17.5. The molecule has 2 atom stereocenters. The number of hydrogen-bond donors (Lipinski definition) is 0. The summed E-state index contributed by atoms with van der Waals surface area (Å²) in [5.74, 6) is 0.318. The summed E-state index contributed by atoms with van der Waals surface area (Å²) in [5.41, 5.74) is 14.8. The molecule has 0 bridgehead atoms. The third-order valence-corrected chi connectivity index (χ3v) is 14.4. The fraction of sp³-hybridized carbons (Fsp3) is 0.100. The van der Waals surface area contributed by atoms with Crippen molar-refractivity contribution in [1.29, 1.82) is 0 Å². The maximum atomic E-state index is 6.40. The van der Waals surface area contributed by atoms with Crippen molar-refractivity contribution in [2.75, 3.05) is 4.90 Å². The summed E-state index contributed by atoms with van der Waals surface area (Å²) in [4.78, 5) is 2.51. The van der Waals surface area contributed by atoms with E-state index in [2.05, 4.69) is 232 Å². The summed E-state index contributed by atoms with van der Waals surface area (Å²) in [5, 5.41) is 7.28. The lowest BCUT2D eigenvalue weighted by molar-refractivity contribution is 0.245. The second-order valence-corrected chi connectivity index (χ2v) is 17.9. The van der Waals surface area contributed by atoms with E-state index in [0.717, 1.165) is 50.1 Å².